The number of aromatic nitrogens is 4. The molecule has 0 aliphatic heterocycles. The first-order chi connectivity index (χ1) is 18.0. The lowest BCUT2D eigenvalue weighted by Crippen LogP contribution is -2.65. The molecule has 3 aromatic rings. The highest BCUT2D eigenvalue weighted by atomic mass is 19.4. The summed E-state index contributed by atoms with van der Waals surface area (Å²) in [6, 6.07) is 5.21. The van der Waals surface area contributed by atoms with Crippen molar-refractivity contribution in [2.75, 3.05) is 0 Å². The zero-order valence-corrected chi connectivity index (χ0v) is 19.1. The Bertz CT molecular complexity index is 1390. The van der Waals surface area contributed by atoms with Gasteiger partial charge < -0.3 is 10.5 Å². The minimum atomic E-state index is -7.32. The Morgan fingerprint density at radius 2 is 1.52 bits per heavy atom. The second-order valence-corrected chi connectivity index (χ2v) is 7.98. The molecule has 1 unspecified atom stereocenters. The molecule has 7 nitrogen and oxygen atoms in total. The van der Waals surface area contributed by atoms with Crippen LogP contribution in [0.25, 0.3) is 16.9 Å². The Hall–Kier alpha value is -4.00. The van der Waals surface area contributed by atoms with Gasteiger partial charge in [-0.05, 0) is 17.7 Å². The van der Waals surface area contributed by atoms with Crippen molar-refractivity contribution in [1.82, 2.24) is 19.6 Å². The van der Waals surface area contributed by atoms with Crippen molar-refractivity contribution >= 4 is 5.91 Å². The van der Waals surface area contributed by atoms with Crippen molar-refractivity contribution in [2.45, 2.75) is 36.5 Å². The van der Waals surface area contributed by atoms with E-state index in [4.69, 9.17) is 5.73 Å². The largest absolute Gasteiger partial charge is 0.435 e. The van der Waals surface area contributed by atoms with Crippen LogP contribution in [-0.4, -0.2) is 55.8 Å². The molecule has 220 valence electrons. The fourth-order valence-electron chi connectivity index (χ4n) is 3.37. The summed E-state index contributed by atoms with van der Waals surface area (Å²) in [6.45, 7) is 0. The number of carbonyl (C=O) groups is 1. The summed E-state index contributed by atoms with van der Waals surface area (Å²) in [6.07, 6.45) is -31.1. The number of amides is 1. The summed E-state index contributed by atoms with van der Waals surface area (Å²) in [7, 11) is 0.655. The van der Waals surface area contributed by atoms with Gasteiger partial charge in [0, 0.05) is 24.4 Å². The Balaban J connectivity index is 2.11. The number of hydrogen-bond donors (Lipinski definition) is 1. The lowest BCUT2D eigenvalue weighted by Gasteiger charge is -2.35. The number of halogens is 13. The van der Waals surface area contributed by atoms with Crippen molar-refractivity contribution in [3.63, 3.8) is 0 Å². The molecule has 40 heavy (non-hydrogen) atoms. The molecule has 0 fully saturated rings. The Kier molecular flexibility index (Phi) is 7.31. The van der Waals surface area contributed by atoms with Crippen molar-refractivity contribution in [3.05, 3.63) is 47.8 Å². The maximum atomic E-state index is 14.2. The number of primary amides is 1. The van der Waals surface area contributed by atoms with Crippen LogP contribution in [0.5, 0.6) is 5.88 Å². The zero-order valence-electron chi connectivity index (χ0n) is 19.1. The smallest absolute Gasteiger partial charge is 0.410 e. The summed E-state index contributed by atoms with van der Waals surface area (Å²) in [5, 5.41) is 6.45. The van der Waals surface area contributed by atoms with Crippen LogP contribution in [0.4, 0.5) is 57.1 Å². The summed E-state index contributed by atoms with van der Waals surface area (Å²) in [5.41, 5.74) is -4.29. The lowest BCUT2D eigenvalue weighted by atomic mass is 9.97. The third-order valence-corrected chi connectivity index (χ3v) is 5.25. The van der Waals surface area contributed by atoms with Crippen molar-refractivity contribution < 1.29 is 66.6 Å². The third kappa shape index (κ3) is 5.25. The number of carbonyl (C=O) groups excluding carboxylic acids is 1. The average molecular weight is 601 g/mol. The van der Waals surface area contributed by atoms with E-state index in [9.17, 15) is 61.9 Å². The van der Waals surface area contributed by atoms with Gasteiger partial charge in [0.1, 0.15) is 0 Å². The van der Waals surface area contributed by atoms with Gasteiger partial charge in [0.2, 0.25) is 5.91 Å². The molecule has 0 saturated heterocycles. The number of nitrogens with zero attached hydrogens (tertiary/aromatic N) is 4. The van der Waals surface area contributed by atoms with E-state index in [2.05, 4.69) is 14.9 Å². The maximum Gasteiger partial charge on any atom is 0.435 e. The van der Waals surface area contributed by atoms with E-state index < -0.39 is 59.6 Å². The standard InChI is InChI=1S/C20H12F13N5O2/c1-37-14(38-7-10(6-35-38)8-3-2-4-9(5-8)12(34)39)11(17(23,24)25)13(36-37)40-18(26,27)15(21)16(22,19(28,29)30)20(31,32)33/h2-7,15H,1H3,(H2,34,39). The monoisotopic (exact) mass is 601 g/mol. The van der Waals surface area contributed by atoms with Crippen LogP contribution in [0.2, 0.25) is 0 Å². The molecule has 2 aromatic heterocycles. The number of aryl methyl sites for hydroxylation is 1. The molecule has 0 spiro atoms. The van der Waals surface area contributed by atoms with Gasteiger partial charge in [-0.3, -0.25) is 4.79 Å². The Labute approximate surface area is 212 Å². The topological polar surface area (TPSA) is 88.0 Å². The number of alkyl halides is 13. The highest BCUT2D eigenvalue weighted by Crippen LogP contribution is 2.53. The number of ether oxygens (including phenoxy) is 1. The van der Waals surface area contributed by atoms with Gasteiger partial charge in [-0.15, -0.1) is 5.10 Å². The maximum absolute atomic E-state index is 14.2. The molecular formula is C20H12F13N5O2. The second kappa shape index (κ2) is 9.58. The Morgan fingerprint density at radius 3 is 2.02 bits per heavy atom. The molecule has 0 saturated carbocycles. The van der Waals surface area contributed by atoms with E-state index in [0.717, 1.165) is 12.4 Å². The van der Waals surface area contributed by atoms with Gasteiger partial charge in [0.15, 0.2) is 11.4 Å². The van der Waals surface area contributed by atoms with E-state index in [-0.39, 0.29) is 21.4 Å². The van der Waals surface area contributed by atoms with Crippen LogP contribution in [0.3, 0.4) is 0 Å². The first-order valence-corrected chi connectivity index (χ1v) is 10.1. The molecule has 0 radical (unpaired) electrons. The molecule has 3 rings (SSSR count). The van der Waals surface area contributed by atoms with Crippen LogP contribution in [-0.2, 0) is 13.2 Å². The first-order valence-electron chi connectivity index (χ1n) is 10.1. The molecule has 1 atom stereocenters. The predicted octanol–water partition coefficient (Wildman–Crippen LogP) is 5.53. The van der Waals surface area contributed by atoms with Gasteiger partial charge in [0.25, 0.3) is 12.1 Å². The quantitative estimate of drug-likeness (QED) is 0.361. The van der Waals surface area contributed by atoms with E-state index in [0.29, 0.717) is 11.7 Å². The molecule has 1 amide bonds. The summed E-state index contributed by atoms with van der Waals surface area (Å²) < 4.78 is 178. The lowest BCUT2D eigenvalue weighted by molar-refractivity contribution is -0.391. The normalized spacial score (nSPS) is 14.3. The van der Waals surface area contributed by atoms with Crippen LogP contribution >= 0.6 is 0 Å². The van der Waals surface area contributed by atoms with Gasteiger partial charge in [-0.1, -0.05) is 12.1 Å². The number of benzene rings is 1. The molecule has 2 N–H and O–H groups in total. The van der Waals surface area contributed by atoms with E-state index in [1.54, 1.807) is 0 Å². The third-order valence-electron chi connectivity index (χ3n) is 5.25. The first kappa shape index (κ1) is 30.5. The number of hydrogen-bond acceptors (Lipinski definition) is 4. The molecular weight excluding hydrogens is 589 g/mol. The van der Waals surface area contributed by atoms with Gasteiger partial charge in [-0.25, -0.2) is 18.1 Å². The van der Waals surface area contributed by atoms with Crippen molar-refractivity contribution in [3.8, 4) is 22.8 Å². The highest BCUT2D eigenvalue weighted by Gasteiger charge is 2.82. The number of nitrogens with two attached hydrogens (primary N) is 1. The summed E-state index contributed by atoms with van der Waals surface area (Å²) in [4.78, 5) is 11.4. The van der Waals surface area contributed by atoms with E-state index in [1.807, 2.05) is 0 Å². The molecule has 1 aromatic carbocycles. The summed E-state index contributed by atoms with van der Waals surface area (Å²) in [5.74, 6) is -4.54. The minimum absolute atomic E-state index is 0.00612. The number of rotatable bonds is 7. The van der Waals surface area contributed by atoms with E-state index >= 15 is 0 Å². The molecule has 0 bridgehead atoms. The van der Waals surface area contributed by atoms with Crippen LogP contribution in [0.1, 0.15) is 15.9 Å². The second-order valence-electron chi connectivity index (χ2n) is 7.98. The zero-order chi connectivity index (χ0) is 30.6. The molecule has 20 heteroatoms. The van der Waals surface area contributed by atoms with Gasteiger partial charge >= 0.3 is 30.3 Å². The fourth-order valence-corrected chi connectivity index (χ4v) is 3.37. The van der Waals surface area contributed by atoms with Crippen LogP contribution in [0.15, 0.2) is 36.7 Å². The average Bonchev–Trinajstić information content (AvgIpc) is 3.40. The van der Waals surface area contributed by atoms with E-state index in [1.165, 1.54) is 24.3 Å². The molecule has 0 aliphatic rings. The van der Waals surface area contributed by atoms with Crippen molar-refractivity contribution in [2.24, 2.45) is 12.8 Å². The Morgan fingerprint density at radius 1 is 0.950 bits per heavy atom. The minimum Gasteiger partial charge on any atom is -0.410 e. The molecule has 0 aliphatic carbocycles. The fraction of sp³-hybridized carbons (Fsp3) is 0.350. The van der Waals surface area contributed by atoms with Crippen molar-refractivity contribution in [1.29, 1.82) is 0 Å². The van der Waals surface area contributed by atoms with Gasteiger partial charge in [0.05, 0.1) is 6.20 Å². The van der Waals surface area contributed by atoms with Gasteiger partial charge in [-0.2, -0.15) is 53.4 Å². The SMILES string of the molecule is Cn1nc(OC(F)(F)C(F)C(F)(C(F)(F)F)C(F)(F)F)c(C(F)(F)F)c1-n1cc(-c2cccc(C(N)=O)c2)cn1. The predicted molar refractivity (Wildman–Crippen MR) is 106 cm³/mol. The highest BCUT2D eigenvalue weighted by molar-refractivity contribution is 5.94. The van der Waals surface area contributed by atoms with Crippen LogP contribution < -0.4 is 10.5 Å². The molecule has 2 heterocycles. The summed E-state index contributed by atoms with van der Waals surface area (Å²) >= 11 is 0. The van der Waals surface area contributed by atoms with Crippen LogP contribution in [0, 0.1) is 0 Å².